The largest absolute Gasteiger partial charge is 0.492 e. The van der Waals surface area contributed by atoms with Crippen molar-refractivity contribution in [1.82, 2.24) is 0 Å². The molecule has 14 heavy (non-hydrogen) atoms. The van der Waals surface area contributed by atoms with E-state index in [0.29, 0.717) is 0 Å². The van der Waals surface area contributed by atoms with Crippen LogP contribution in [0, 0.1) is 5.82 Å². The Balaban J connectivity index is 3.41. The van der Waals surface area contributed by atoms with Gasteiger partial charge in [-0.1, -0.05) is 15.9 Å². The zero-order chi connectivity index (χ0) is 10.9. The Morgan fingerprint density at radius 1 is 1.50 bits per heavy atom. The van der Waals surface area contributed by atoms with Crippen molar-refractivity contribution in [2.45, 2.75) is 6.92 Å². The molecule has 0 heterocycles. The van der Waals surface area contributed by atoms with Crippen LogP contribution in [0.4, 0.5) is 4.39 Å². The van der Waals surface area contributed by atoms with Crippen LogP contribution >= 0.6 is 15.9 Å². The lowest BCUT2D eigenvalue weighted by Gasteiger charge is -2.07. The summed E-state index contributed by atoms with van der Waals surface area (Å²) in [6.07, 6.45) is 0. The molecular weight excluding hydrogens is 254 g/mol. The molecule has 0 aliphatic carbocycles. The number of hydrogen-bond donors (Lipinski definition) is 2. The highest BCUT2D eigenvalue weighted by atomic mass is 79.9. The smallest absolute Gasteiger partial charge is 0.423 e. The molecule has 1 aromatic carbocycles. The minimum Gasteiger partial charge on any atom is -0.423 e. The summed E-state index contributed by atoms with van der Waals surface area (Å²) in [5, 5.41) is 17.7. The van der Waals surface area contributed by atoms with Crippen LogP contribution in [0.2, 0.25) is 0 Å². The van der Waals surface area contributed by atoms with Crippen LogP contribution in [0.25, 0.3) is 0 Å². The molecule has 0 aromatic heterocycles. The zero-order valence-corrected chi connectivity index (χ0v) is 8.88. The van der Waals surface area contributed by atoms with Gasteiger partial charge in [0.25, 0.3) is 0 Å². The van der Waals surface area contributed by atoms with Gasteiger partial charge in [0.1, 0.15) is 5.82 Å². The van der Waals surface area contributed by atoms with Gasteiger partial charge in [0.05, 0.1) is 5.56 Å². The molecule has 0 saturated carbocycles. The number of carbonyl (C=O) groups excluding carboxylic acids is 1. The third-order valence-corrected chi connectivity index (χ3v) is 2.46. The summed E-state index contributed by atoms with van der Waals surface area (Å²) in [6, 6.07) is 2.68. The van der Waals surface area contributed by atoms with E-state index in [9.17, 15) is 9.18 Å². The maximum atomic E-state index is 13.5. The Labute approximate surface area is 88.8 Å². The third kappa shape index (κ3) is 2.02. The summed E-state index contributed by atoms with van der Waals surface area (Å²) in [5.41, 5.74) is -0.478. The highest BCUT2D eigenvalue weighted by Gasteiger charge is 2.23. The summed E-state index contributed by atoms with van der Waals surface area (Å²) in [7, 11) is -1.94. The van der Waals surface area contributed by atoms with Gasteiger partial charge in [0.2, 0.25) is 0 Å². The lowest BCUT2D eigenvalue weighted by atomic mass is 9.78. The van der Waals surface area contributed by atoms with E-state index in [1.54, 1.807) is 0 Å². The van der Waals surface area contributed by atoms with Gasteiger partial charge in [0.15, 0.2) is 5.78 Å². The Morgan fingerprint density at radius 2 is 2.07 bits per heavy atom. The first-order valence-corrected chi connectivity index (χ1v) is 4.59. The zero-order valence-electron chi connectivity index (χ0n) is 7.29. The summed E-state index contributed by atoms with van der Waals surface area (Å²) in [5.74, 6) is -1.36. The topological polar surface area (TPSA) is 57.5 Å². The Hall–Kier alpha value is -0.715. The standard InChI is InChI=1S/C8H7BBrFO3/c1-4(12)5-2-3-6(10)7(8(5)11)9(13)14/h2-3,13-14H,1H3. The molecule has 0 atom stereocenters. The molecule has 0 radical (unpaired) electrons. The molecular formula is C8H7BBrFO3. The maximum absolute atomic E-state index is 13.5. The molecule has 1 rings (SSSR count). The molecule has 0 fully saturated rings. The van der Waals surface area contributed by atoms with E-state index < -0.39 is 18.7 Å². The van der Waals surface area contributed by atoms with Crippen LogP contribution in [0.1, 0.15) is 17.3 Å². The maximum Gasteiger partial charge on any atom is 0.492 e. The van der Waals surface area contributed by atoms with Crippen molar-refractivity contribution < 1.29 is 19.2 Å². The number of Topliss-reactive ketones (excluding diaryl/α,β-unsaturated/α-hetero) is 1. The molecule has 6 heteroatoms. The van der Waals surface area contributed by atoms with Crippen molar-refractivity contribution >= 4 is 34.3 Å². The van der Waals surface area contributed by atoms with Gasteiger partial charge in [-0.3, -0.25) is 4.79 Å². The van der Waals surface area contributed by atoms with E-state index in [4.69, 9.17) is 10.0 Å². The second-order valence-corrected chi connectivity index (χ2v) is 3.61. The van der Waals surface area contributed by atoms with E-state index in [2.05, 4.69) is 15.9 Å². The summed E-state index contributed by atoms with van der Waals surface area (Å²) >= 11 is 2.96. The van der Waals surface area contributed by atoms with Gasteiger partial charge in [-0.2, -0.15) is 0 Å². The molecule has 0 aliphatic rings. The number of benzene rings is 1. The first-order valence-electron chi connectivity index (χ1n) is 3.80. The fraction of sp³-hybridized carbons (Fsp3) is 0.125. The molecule has 2 N–H and O–H groups in total. The van der Waals surface area contributed by atoms with E-state index in [-0.39, 0.29) is 15.5 Å². The van der Waals surface area contributed by atoms with Crippen molar-refractivity contribution in [1.29, 1.82) is 0 Å². The predicted molar refractivity (Wildman–Crippen MR) is 53.9 cm³/mol. The van der Waals surface area contributed by atoms with Crippen molar-refractivity contribution in [2.24, 2.45) is 0 Å². The quantitative estimate of drug-likeness (QED) is 0.601. The monoisotopic (exact) mass is 260 g/mol. The number of ketones is 1. The minimum absolute atomic E-state index is 0.156. The first-order chi connectivity index (χ1) is 6.45. The molecule has 0 saturated heterocycles. The van der Waals surface area contributed by atoms with Gasteiger partial charge in [0, 0.05) is 9.94 Å². The number of halogens is 2. The average Bonchev–Trinajstić information content (AvgIpc) is 2.02. The van der Waals surface area contributed by atoms with Crippen LogP contribution < -0.4 is 5.46 Å². The molecule has 1 aromatic rings. The van der Waals surface area contributed by atoms with E-state index >= 15 is 0 Å². The van der Waals surface area contributed by atoms with E-state index in [1.165, 1.54) is 19.1 Å². The van der Waals surface area contributed by atoms with Gasteiger partial charge in [-0.15, -0.1) is 0 Å². The third-order valence-electron chi connectivity index (χ3n) is 1.76. The highest BCUT2D eigenvalue weighted by Crippen LogP contribution is 2.14. The van der Waals surface area contributed by atoms with Crippen LogP contribution in [-0.2, 0) is 0 Å². The van der Waals surface area contributed by atoms with Crippen molar-refractivity contribution in [2.75, 3.05) is 0 Å². The van der Waals surface area contributed by atoms with E-state index in [0.717, 1.165) is 0 Å². The second-order valence-electron chi connectivity index (χ2n) is 2.75. The summed E-state index contributed by atoms with van der Waals surface area (Å²) in [4.78, 5) is 10.9. The molecule has 0 bridgehead atoms. The second kappa shape index (κ2) is 4.21. The molecule has 0 amide bonds. The Bertz CT molecular complexity index is 381. The molecule has 0 spiro atoms. The van der Waals surface area contributed by atoms with Crippen LogP contribution in [0.15, 0.2) is 16.6 Å². The predicted octanol–water partition coefficient (Wildman–Crippen LogP) is 0.471. The van der Waals surface area contributed by atoms with Crippen molar-refractivity contribution in [3.8, 4) is 0 Å². The molecule has 74 valence electrons. The first kappa shape index (κ1) is 11.4. The van der Waals surface area contributed by atoms with Gasteiger partial charge in [-0.05, 0) is 19.1 Å². The summed E-state index contributed by atoms with van der Waals surface area (Å²) in [6.45, 7) is 1.21. The van der Waals surface area contributed by atoms with Gasteiger partial charge in [-0.25, -0.2) is 4.39 Å². The van der Waals surface area contributed by atoms with Crippen LogP contribution in [-0.4, -0.2) is 22.9 Å². The highest BCUT2D eigenvalue weighted by molar-refractivity contribution is 9.10. The summed E-state index contributed by atoms with van der Waals surface area (Å²) < 4.78 is 13.7. The number of carbonyl (C=O) groups is 1. The Morgan fingerprint density at radius 3 is 2.50 bits per heavy atom. The molecule has 0 unspecified atom stereocenters. The van der Waals surface area contributed by atoms with Crippen LogP contribution in [0.3, 0.4) is 0 Å². The lowest BCUT2D eigenvalue weighted by Crippen LogP contribution is -2.35. The number of hydrogen-bond acceptors (Lipinski definition) is 3. The van der Waals surface area contributed by atoms with Gasteiger partial charge >= 0.3 is 7.12 Å². The average molecular weight is 261 g/mol. The van der Waals surface area contributed by atoms with Crippen LogP contribution in [0.5, 0.6) is 0 Å². The fourth-order valence-corrected chi connectivity index (χ4v) is 1.59. The van der Waals surface area contributed by atoms with Gasteiger partial charge < -0.3 is 10.0 Å². The van der Waals surface area contributed by atoms with Crippen molar-refractivity contribution in [3.63, 3.8) is 0 Å². The van der Waals surface area contributed by atoms with E-state index in [1.807, 2.05) is 0 Å². The Kier molecular flexibility index (Phi) is 3.41. The SMILES string of the molecule is CC(=O)c1ccc(Br)c(B(O)O)c1F. The molecule has 0 aliphatic heterocycles. The normalized spacial score (nSPS) is 10.1. The number of rotatable bonds is 2. The molecule has 3 nitrogen and oxygen atoms in total. The minimum atomic E-state index is -1.94. The fourth-order valence-electron chi connectivity index (χ4n) is 1.08. The van der Waals surface area contributed by atoms with Crippen molar-refractivity contribution in [3.05, 3.63) is 28.0 Å². The lowest BCUT2D eigenvalue weighted by molar-refractivity contribution is 0.101.